The Balaban J connectivity index is 2.59. The lowest BCUT2D eigenvalue weighted by molar-refractivity contribution is 0.627. The van der Waals surface area contributed by atoms with Crippen molar-refractivity contribution < 1.29 is 0 Å². The van der Waals surface area contributed by atoms with Crippen LogP contribution in [0.3, 0.4) is 0 Å². The maximum Gasteiger partial charge on any atom is 0.0594 e. The van der Waals surface area contributed by atoms with E-state index in [2.05, 4.69) is 79.3 Å². The van der Waals surface area contributed by atoms with Crippen molar-refractivity contribution in [2.24, 2.45) is 0 Å². The van der Waals surface area contributed by atoms with Crippen molar-refractivity contribution in [1.29, 1.82) is 0 Å². The average Bonchev–Trinajstić information content (AvgIpc) is 2.44. The van der Waals surface area contributed by atoms with Crippen LogP contribution in [0.1, 0.15) is 40.8 Å². The van der Waals surface area contributed by atoms with Crippen LogP contribution >= 0.6 is 27.5 Å². The number of aryl methyl sites for hydroxylation is 3. The van der Waals surface area contributed by atoms with E-state index in [1.807, 2.05) is 0 Å². The van der Waals surface area contributed by atoms with Crippen molar-refractivity contribution in [2.45, 2.75) is 33.7 Å². The van der Waals surface area contributed by atoms with Crippen LogP contribution in [-0.4, -0.2) is 6.54 Å². The highest BCUT2D eigenvalue weighted by molar-refractivity contribution is 9.10. The summed E-state index contributed by atoms with van der Waals surface area (Å²) < 4.78 is 1.15. The van der Waals surface area contributed by atoms with Crippen LogP contribution in [0, 0.1) is 20.8 Å². The zero-order valence-corrected chi connectivity index (χ0v) is 15.3. The zero-order chi connectivity index (χ0) is 15.6. The molecule has 1 nitrogen and oxygen atoms in total. The first kappa shape index (κ1) is 16.5. The molecular formula is C18H21BrClN. The molecule has 0 aliphatic heterocycles. The fourth-order valence-corrected chi connectivity index (χ4v) is 3.29. The largest absolute Gasteiger partial charge is 0.306 e. The number of rotatable bonds is 4. The Labute approximate surface area is 140 Å². The van der Waals surface area contributed by atoms with Gasteiger partial charge >= 0.3 is 0 Å². The predicted molar refractivity (Wildman–Crippen MR) is 95.3 cm³/mol. The Morgan fingerprint density at radius 1 is 1.05 bits per heavy atom. The van der Waals surface area contributed by atoms with Gasteiger partial charge in [-0.15, -0.1) is 0 Å². The fourth-order valence-electron chi connectivity index (χ4n) is 2.60. The van der Waals surface area contributed by atoms with E-state index in [0.29, 0.717) is 0 Å². The van der Waals surface area contributed by atoms with E-state index < -0.39 is 0 Å². The normalized spacial score (nSPS) is 12.5. The fraction of sp³-hybridized carbons (Fsp3) is 0.333. The van der Waals surface area contributed by atoms with E-state index in [-0.39, 0.29) is 6.04 Å². The van der Waals surface area contributed by atoms with E-state index >= 15 is 0 Å². The molecule has 21 heavy (non-hydrogen) atoms. The Morgan fingerprint density at radius 2 is 1.76 bits per heavy atom. The Kier molecular flexibility index (Phi) is 5.48. The summed E-state index contributed by atoms with van der Waals surface area (Å²) >= 11 is 10.2. The third-order valence-electron chi connectivity index (χ3n) is 3.80. The smallest absolute Gasteiger partial charge is 0.0594 e. The minimum Gasteiger partial charge on any atom is -0.306 e. The van der Waals surface area contributed by atoms with Gasteiger partial charge in [-0.2, -0.15) is 0 Å². The van der Waals surface area contributed by atoms with Gasteiger partial charge in [0.15, 0.2) is 0 Å². The number of hydrogen-bond acceptors (Lipinski definition) is 1. The van der Waals surface area contributed by atoms with Crippen molar-refractivity contribution in [3.63, 3.8) is 0 Å². The molecule has 1 N–H and O–H groups in total. The molecule has 112 valence electrons. The van der Waals surface area contributed by atoms with E-state index in [1.165, 1.54) is 16.7 Å². The summed E-state index contributed by atoms with van der Waals surface area (Å²) in [6.45, 7) is 9.33. The second-order valence-corrected chi connectivity index (χ2v) is 6.66. The van der Waals surface area contributed by atoms with Crippen LogP contribution in [0.2, 0.25) is 5.02 Å². The molecule has 0 amide bonds. The summed E-state index contributed by atoms with van der Waals surface area (Å²) in [5.41, 5.74) is 6.04. The number of halogens is 2. The lowest BCUT2D eigenvalue weighted by Gasteiger charge is -2.23. The SMILES string of the molecule is CCNC(c1cc(C)c(Br)cc1C)c1cccc(C)c1Cl. The van der Waals surface area contributed by atoms with Gasteiger partial charge in [0.2, 0.25) is 0 Å². The van der Waals surface area contributed by atoms with Gasteiger partial charge in [-0.25, -0.2) is 0 Å². The maximum atomic E-state index is 6.55. The van der Waals surface area contributed by atoms with Gasteiger partial charge < -0.3 is 5.32 Å². The van der Waals surface area contributed by atoms with Crippen molar-refractivity contribution in [3.05, 3.63) is 67.6 Å². The first-order chi connectivity index (χ1) is 9.95. The minimum atomic E-state index is 0.120. The Morgan fingerprint density at radius 3 is 2.43 bits per heavy atom. The summed E-state index contributed by atoms with van der Waals surface area (Å²) in [6.07, 6.45) is 0. The maximum absolute atomic E-state index is 6.55. The van der Waals surface area contributed by atoms with E-state index in [9.17, 15) is 0 Å². The second-order valence-electron chi connectivity index (χ2n) is 5.43. The number of hydrogen-bond donors (Lipinski definition) is 1. The molecule has 1 atom stereocenters. The quantitative estimate of drug-likeness (QED) is 0.729. The molecule has 2 aromatic rings. The molecule has 2 aromatic carbocycles. The Hall–Kier alpha value is -0.830. The molecule has 0 aliphatic rings. The molecular weight excluding hydrogens is 346 g/mol. The van der Waals surface area contributed by atoms with Gasteiger partial charge in [-0.1, -0.05) is 58.7 Å². The summed E-state index contributed by atoms with van der Waals surface area (Å²) in [4.78, 5) is 0. The van der Waals surface area contributed by atoms with Gasteiger partial charge in [0, 0.05) is 9.50 Å². The number of benzene rings is 2. The molecule has 0 fully saturated rings. The topological polar surface area (TPSA) is 12.0 Å². The van der Waals surface area contributed by atoms with Crippen LogP contribution in [0.4, 0.5) is 0 Å². The molecule has 3 heteroatoms. The molecule has 0 aromatic heterocycles. The van der Waals surface area contributed by atoms with E-state index in [4.69, 9.17) is 11.6 Å². The minimum absolute atomic E-state index is 0.120. The van der Waals surface area contributed by atoms with Gasteiger partial charge in [0.05, 0.1) is 6.04 Å². The Bertz CT molecular complexity index is 652. The highest BCUT2D eigenvalue weighted by Crippen LogP contribution is 2.34. The zero-order valence-electron chi connectivity index (χ0n) is 12.9. The summed E-state index contributed by atoms with van der Waals surface area (Å²) in [7, 11) is 0. The molecule has 0 aliphatic carbocycles. The van der Waals surface area contributed by atoms with Crippen LogP contribution < -0.4 is 5.32 Å². The predicted octanol–water partition coefficient (Wildman–Crippen LogP) is 5.73. The van der Waals surface area contributed by atoms with Crippen LogP contribution in [0.25, 0.3) is 0 Å². The summed E-state index contributed by atoms with van der Waals surface area (Å²) in [5.74, 6) is 0. The highest BCUT2D eigenvalue weighted by atomic mass is 79.9. The molecule has 1 unspecified atom stereocenters. The van der Waals surface area contributed by atoms with Crippen molar-refractivity contribution in [2.75, 3.05) is 6.54 Å². The van der Waals surface area contributed by atoms with Crippen molar-refractivity contribution in [1.82, 2.24) is 5.32 Å². The van der Waals surface area contributed by atoms with Gasteiger partial charge in [-0.05, 0) is 61.2 Å². The van der Waals surface area contributed by atoms with Gasteiger partial charge in [-0.3, -0.25) is 0 Å². The molecule has 0 radical (unpaired) electrons. The van der Waals surface area contributed by atoms with Gasteiger partial charge in [0.1, 0.15) is 0 Å². The first-order valence-electron chi connectivity index (χ1n) is 7.20. The molecule has 2 rings (SSSR count). The van der Waals surface area contributed by atoms with Crippen LogP contribution in [0.15, 0.2) is 34.8 Å². The highest BCUT2D eigenvalue weighted by Gasteiger charge is 2.19. The van der Waals surface area contributed by atoms with E-state index in [0.717, 1.165) is 27.2 Å². The molecule has 0 saturated heterocycles. The lowest BCUT2D eigenvalue weighted by Crippen LogP contribution is -2.23. The average molecular weight is 367 g/mol. The third kappa shape index (κ3) is 3.50. The van der Waals surface area contributed by atoms with E-state index in [1.54, 1.807) is 0 Å². The standard InChI is InChI=1S/C18H21BrClN/c1-5-21-18(14-8-6-7-11(2)17(14)20)15-9-13(4)16(19)10-12(15)3/h6-10,18,21H,5H2,1-4H3. The summed E-state index contributed by atoms with van der Waals surface area (Å²) in [5, 5.41) is 4.42. The number of nitrogens with one attached hydrogen (secondary N) is 1. The second kappa shape index (κ2) is 6.95. The summed E-state index contributed by atoms with van der Waals surface area (Å²) in [6, 6.07) is 10.8. The van der Waals surface area contributed by atoms with Gasteiger partial charge in [0.25, 0.3) is 0 Å². The lowest BCUT2D eigenvalue weighted by atomic mass is 9.92. The molecule has 0 heterocycles. The first-order valence-corrected chi connectivity index (χ1v) is 8.37. The van der Waals surface area contributed by atoms with Crippen molar-refractivity contribution >= 4 is 27.5 Å². The monoisotopic (exact) mass is 365 g/mol. The third-order valence-corrected chi connectivity index (χ3v) is 5.17. The molecule has 0 bridgehead atoms. The van der Waals surface area contributed by atoms with Crippen LogP contribution in [0.5, 0.6) is 0 Å². The molecule has 0 saturated carbocycles. The van der Waals surface area contributed by atoms with Crippen LogP contribution in [-0.2, 0) is 0 Å². The molecule has 0 spiro atoms. The van der Waals surface area contributed by atoms with Crippen molar-refractivity contribution in [3.8, 4) is 0 Å².